The molecule has 130 valence electrons. The fourth-order valence-corrected chi connectivity index (χ4v) is 3.57. The number of hydrogen-bond acceptors (Lipinski definition) is 4. The normalized spacial score (nSPS) is 16.8. The van der Waals surface area contributed by atoms with Crippen molar-refractivity contribution in [1.82, 2.24) is 24.9 Å². The molecule has 0 aliphatic carbocycles. The number of nitrogens with zero attached hydrogens (tertiary/aromatic N) is 4. The predicted octanol–water partition coefficient (Wildman–Crippen LogP) is 1.97. The maximum atomic E-state index is 13.2. The smallest absolute Gasteiger partial charge is 0.252 e. The van der Waals surface area contributed by atoms with E-state index in [1.165, 1.54) is 0 Å². The van der Waals surface area contributed by atoms with E-state index in [0.29, 0.717) is 0 Å². The number of aromatic nitrogens is 4. The summed E-state index contributed by atoms with van der Waals surface area (Å²) >= 11 is 0. The molecule has 0 radical (unpaired) electrons. The Morgan fingerprint density at radius 1 is 1.32 bits per heavy atom. The molecule has 1 aromatic carbocycles. The number of rotatable bonds is 4. The zero-order valence-electron chi connectivity index (χ0n) is 14.3. The van der Waals surface area contributed by atoms with Crippen molar-refractivity contribution in [1.29, 1.82) is 0 Å². The Bertz CT molecular complexity index is 876. The molecule has 2 aromatic heterocycles. The molecule has 3 heterocycles. The highest BCUT2D eigenvalue weighted by Crippen LogP contribution is 2.29. The lowest BCUT2D eigenvalue weighted by Gasteiger charge is -2.36. The maximum absolute atomic E-state index is 13.2. The largest absolute Gasteiger partial charge is 0.324 e. The predicted molar refractivity (Wildman–Crippen MR) is 96.3 cm³/mol. The number of hydrogen-bond donors (Lipinski definition) is 2. The topological polar surface area (TPSA) is 76.8 Å². The third-order valence-corrected chi connectivity index (χ3v) is 5.00. The van der Waals surface area contributed by atoms with Gasteiger partial charge in [-0.25, -0.2) is 0 Å². The van der Waals surface area contributed by atoms with Gasteiger partial charge in [0.1, 0.15) is 5.54 Å². The van der Waals surface area contributed by atoms with Crippen LogP contribution in [-0.4, -0.2) is 38.6 Å². The summed E-state index contributed by atoms with van der Waals surface area (Å²) in [5.74, 6) is -0.0142. The van der Waals surface area contributed by atoms with Gasteiger partial charge >= 0.3 is 0 Å². The summed E-state index contributed by atoms with van der Waals surface area (Å²) in [6.45, 7) is 4.45. The minimum atomic E-state index is -0.644. The molecule has 0 saturated carbocycles. The Balaban J connectivity index is 1.65. The lowest BCUT2D eigenvalue weighted by molar-refractivity contribution is -0.126. The minimum Gasteiger partial charge on any atom is -0.324 e. The van der Waals surface area contributed by atoms with Crippen LogP contribution in [0.25, 0.3) is 10.9 Å². The first kappa shape index (κ1) is 15.8. The van der Waals surface area contributed by atoms with E-state index in [1.807, 2.05) is 41.3 Å². The Kier molecular flexibility index (Phi) is 4.01. The van der Waals surface area contributed by atoms with E-state index in [-0.39, 0.29) is 5.91 Å². The van der Waals surface area contributed by atoms with Crippen molar-refractivity contribution in [3.05, 3.63) is 42.9 Å². The Labute approximate surface area is 146 Å². The molecule has 7 heteroatoms. The van der Waals surface area contributed by atoms with Crippen LogP contribution in [0, 0.1) is 0 Å². The summed E-state index contributed by atoms with van der Waals surface area (Å²) < 4.78 is 3.73. The standard InChI is InChI=1S/C18H22N6O/c1-2-23-16-12-15(5-4-14(16)13-21-23)22-17(25)18(6-9-19-10-7-18)24-11-3-8-20-24/h3-5,8,11-13,19H,2,6-7,9-10H2,1H3,(H,22,25). The van der Waals surface area contributed by atoms with Gasteiger partial charge in [-0.3, -0.25) is 14.2 Å². The summed E-state index contributed by atoms with van der Waals surface area (Å²) in [5, 5.41) is 16.2. The van der Waals surface area contributed by atoms with E-state index < -0.39 is 5.54 Å². The number of aryl methyl sites for hydroxylation is 1. The number of anilines is 1. The van der Waals surface area contributed by atoms with Crippen LogP contribution in [0.3, 0.4) is 0 Å². The molecule has 0 spiro atoms. The molecule has 1 aliphatic rings. The van der Waals surface area contributed by atoms with Crippen molar-refractivity contribution in [2.24, 2.45) is 0 Å². The quantitative estimate of drug-likeness (QED) is 0.762. The number of amides is 1. The number of nitrogens with one attached hydrogen (secondary N) is 2. The van der Waals surface area contributed by atoms with Crippen LogP contribution in [0.4, 0.5) is 5.69 Å². The highest BCUT2D eigenvalue weighted by Gasteiger charge is 2.42. The molecule has 1 aliphatic heterocycles. The molecular formula is C18H22N6O. The molecule has 3 aromatic rings. The molecule has 4 rings (SSSR count). The van der Waals surface area contributed by atoms with E-state index >= 15 is 0 Å². The number of piperidine rings is 1. The highest BCUT2D eigenvalue weighted by molar-refractivity contribution is 5.98. The van der Waals surface area contributed by atoms with Crippen molar-refractivity contribution in [2.45, 2.75) is 31.8 Å². The average molecular weight is 338 g/mol. The van der Waals surface area contributed by atoms with Gasteiger partial charge in [0.05, 0.1) is 11.7 Å². The van der Waals surface area contributed by atoms with Crippen molar-refractivity contribution < 1.29 is 4.79 Å². The van der Waals surface area contributed by atoms with E-state index in [1.54, 1.807) is 10.9 Å². The zero-order valence-corrected chi connectivity index (χ0v) is 14.3. The van der Waals surface area contributed by atoms with Crippen molar-refractivity contribution in [2.75, 3.05) is 18.4 Å². The van der Waals surface area contributed by atoms with Crippen LogP contribution in [0.15, 0.2) is 42.9 Å². The monoisotopic (exact) mass is 338 g/mol. The van der Waals surface area contributed by atoms with E-state index in [4.69, 9.17) is 0 Å². The van der Waals surface area contributed by atoms with Gasteiger partial charge in [0.25, 0.3) is 5.91 Å². The second kappa shape index (κ2) is 6.33. The first-order valence-electron chi connectivity index (χ1n) is 8.71. The van der Waals surface area contributed by atoms with E-state index in [9.17, 15) is 4.79 Å². The average Bonchev–Trinajstić information content (AvgIpc) is 3.32. The molecule has 0 atom stereocenters. The fraction of sp³-hybridized carbons (Fsp3) is 0.389. The number of carbonyl (C=O) groups excluding carboxylic acids is 1. The molecule has 1 amide bonds. The third kappa shape index (κ3) is 2.70. The third-order valence-electron chi connectivity index (χ3n) is 5.00. The Morgan fingerprint density at radius 3 is 2.88 bits per heavy atom. The molecule has 0 bridgehead atoms. The first-order chi connectivity index (χ1) is 12.2. The van der Waals surface area contributed by atoms with Crippen molar-refractivity contribution >= 4 is 22.5 Å². The van der Waals surface area contributed by atoms with Gasteiger partial charge in [-0.2, -0.15) is 10.2 Å². The lowest BCUT2D eigenvalue weighted by Crippen LogP contribution is -2.52. The van der Waals surface area contributed by atoms with Gasteiger partial charge in [-0.05, 0) is 57.1 Å². The summed E-state index contributed by atoms with van der Waals surface area (Å²) in [6.07, 6.45) is 6.89. The van der Waals surface area contributed by atoms with Gasteiger partial charge in [-0.1, -0.05) is 0 Å². The summed E-state index contributed by atoms with van der Waals surface area (Å²) in [7, 11) is 0. The molecule has 1 saturated heterocycles. The lowest BCUT2D eigenvalue weighted by atomic mass is 9.87. The molecule has 7 nitrogen and oxygen atoms in total. The number of benzene rings is 1. The van der Waals surface area contributed by atoms with Crippen molar-refractivity contribution in [3.63, 3.8) is 0 Å². The van der Waals surface area contributed by atoms with Crippen LogP contribution >= 0.6 is 0 Å². The SMILES string of the molecule is CCn1ncc2ccc(NC(=O)C3(n4cccn4)CCNCC3)cc21. The second-order valence-corrected chi connectivity index (χ2v) is 6.42. The van der Waals surface area contributed by atoms with E-state index in [0.717, 1.165) is 49.1 Å². The summed E-state index contributed by atoms with van der Waals surface area (Å²) in [4.78, 5) is 13.2. The number of fused-ring (bicyclic) bond motifs is 1. The van der Waals surface area contributed by atoms with Gasteiger partial charge in [0.2, 0.25) is 0 Å². The molecular weight excluding hydrogens is 316 g/mol. The molecule has 1 fully saturated rings. The Hall–Kier alpha value is -2.67. The molecule has 2 N–H and O–H groups in total. The number of carbonyl (C=O) groups is 1. The zero-order chi connectivity index (χ0) is 17.3. The van der Waals surface area contributed by atoms with Gasteiger partial charge in [0.15, 0.2) is 0 Å². The van der Waals surface area contributed by atoms with Gasteiger partial charge < -0.3 is 10.6 Å². The maximum Gasteiger partial charge on any atom is 0.252 e. The van der Waals surface area contributed by atoms with Crippen LogP contribution < -0.4 is 10.6 Å². The fourth-order valence-electron chi connectivity index (χ4n) is 3.57. The molecule has 0 unspecified atom stereocenters. The minimum absolute atomic E-state index is 0.0142. The van der Waals surface area contributed by atoms with Crippen LogP contribution in [0.2, 0.25) is 0 Å². The first-order valence-corrected chi connectivity index (χ1v) is 8.71. The van der Waals surface area contributed by atoms with Crippen LogP contribution in [0.1, 0.15) is 19.8 Å². The second-order valence-electron chi connectivity index (χ2n) is 6.42. The molecule has 25 heavy (non-hydrogen) atoms. The van der Waals surface area contributed by atoms with Gasteiger partial charge in [0, 0.05) is 30.0 Å². The van der Waals surface area contributed by atoms with Crippen LogP contribution in [-0.2, 0) is 16.9 Å². The summed E-state index contributed by atoms with van der Waals surface area (Å²) in [6, 6.07) is 7.78. The Morgan fingerprint density at radius 2 is 2.16 bits per heavy atom. The van der Waals surface area contributed by atoms with Gasteiger partial charge in [-0.15, -0.1) is 0 Å². The highest BCUT2D eigenvalue weighted by atomic mass is 16.2. The van der Waals surface area contributed by atoms with Crippen LogP contribution in [0.5, 0.6) is 0 Å². The summed E-state index contributed by atoms with van der Waals surface area (Å²) in [5.41, 5.74) is 1.17. The van der Waals surface area contributed by atoms with E-state index in [2.05, 4.69) is 27.8 Å². The van der Waals surface area contributed by atoms with Crippen molar-refractivity contribution in [3.8, 4) is 0 Å².